The van der Waals surface area contributed by atoms with Crippen molar-refractivity contribution in [1.29, 1.82) is 0 Å². The van der Waals surface area contributed by atoms with E-state index in [2.05, 4.69) is 16.5 Å². The second-order valence-corrected chi connectivity index (χ2v) is 4.51. The van der Waals surface area contributed by atoms with Gasteiger partial charge in [0.05, 0.1) is 17.5 Å². The summed E-state index contributed by atoms with van der Waals surface area (Å²) in [5.74, 6) is 0.0521. The van der Waals surface area contributed by atoms with Crippen molar-refractivity contribution < 1.29 is 14.6 Å². The predicted octanol–water partition coefficient (Wildman–Crippen LogP) is 2.22. The average molecular weight is 262 g/mol. The van der Waals surface area contributed by atoms with Crippen LogP contribution in [0.1, 0.15) is 24.7 Å². The van der Waals surface area contributed by atoms with E-state index in [1.807, 2.05) is 18.2 Å². The number of rotatable bonds is 6. The molecule has 0 radical (unpaired) electrons. The minimum Gasteiger partial charge on any atom is -0.481 e. The number of methoxy groups -OCH3 is 1. The molecule has 0 aliphatic heterocycles. The Kier molecular flexibility index (Phi) is 4.16. The summed E-state index contributed by atoms with van der Waals surface area (Å²) in [7, 11) is 1.64. The Balaban J connectivity index is 2.45. The Labute approximate surface area is 111 Å². The van der Waals surface area contributed by atoms with Gasteiger partial charge >= 0.3 is 5.97 Å². The molecule has 0 unspecified atom stereocenters. The molecule has 0 spiro atoms. The van der Waals surface area contributed by atoms with Crippen LogP contribution in [-0.4, -0.2) is 27.7 Å². The lowest BCUT2D eigenvalue weighted by molar-refractivity contribution is -0.136. The first-order valence-corrected chi connectivity index (χ1v) is 6.34. The molecular weight excluding hydrogens is 244 g/mol. The summed E-state index contributed by atoms with van der Waals surface area (Å²) in [6.45, 7) is 3.46. The van der Waals surface area contributed by atoms with Crippen LogP contribution in [0.2, 0.25) is 0 Å². The van der Waals surface area contributed by atoms with Crippen molar-refractivity contribution in [2.45, 2.75) is 32.9 Å². The molecule has 0 saturated heterocycles. The fourth-order valence-electron chi connectivity index (χ4n) is 2.22. The minimum absolute atomic E-state index is 0.0240. The molecule has 5 nitrogen and oxygen atoms in total. The Morgan fingerprint density at radius 2 is 2.26 bits per heavy atom. The van der Waals surface area contributed by atoms with Crippen molar-refractivity contribution in [3.63, 3.8) is 0 Å². The molecular formula is C14H18N2O3. The monoisotopic (exact) mass is 262 g/mol. The number of aryl methyl sites for hydroxylation is 1. The molecule has 1 heterocycles. The number of imidazole rings is 1. The van der Waals surface area contributed by atoms with E-state index in [9.17, 15) is 4.79 Å². The van der Waals surface area contributed by atoms with E-state index < -0.39 is 5.97 Å². The maximum absolute atomic E-state index is 10.7. The number of aliphatic carboxylic acids is 1. The Hall–Kier alpha value is -1.88. The quantitative estimate of drug-likeness (QED) is 0.867. The largest absolute Gasteiger partial charge is 0.481 e. The van der Waals surface area contributed by atoms with Gasteiger partial charge < -0.3 is 14.4 Å². The Morgan fingerprint density at radius 3 is 2.89 bits per heavy atom. The summed E-state index contributed by atoms with van der Waals surface area (Å²) in [6.07, 6.45) is 1.04. The number of carboxylic acids is 1. The van der Waals surface area contributed by atoms with Gasteiger partial charge in [0, 0.05) is 13.7 Å². The molecule has 0 fully saturated rings. The first-order valence-electron chi connectivity index (χ1n) is 6.34. The van der Waals surface area contributed by atoms with Crippen LogP contribution in [0.3, 0.4) is 0 Å². The summed E-state index contributed by atoms with van der Waals surface area (Å²) in [5.41, 5.74) is 2.63. The molecule has 5 heteroatoms. The number of aromatic nitrogens is 2. The van der Waals surface area contributed by atoms with Crippen LogP contribution in [0.25, 0.3) is 11.0 Å². The van der Waals surface area contributed by atoms with Crippen molar-refractivity contribution in [3.8, 4) is 0 Å². The Bertz CT molecular complexity index is 590. The lowest BCUT2D eigenvalue weighted by atomic mass is 10.1. The van der Waals surface area contributed by atoms with E-state index in [4.69, 9.17) is 9.84 Å². The maximum atomic E-state index is 10.7. The smallest absolute Gasteiger partial charge is 0.307 e. The van der Waals surface area contributed by atoms with Crippen molar-refractivity contribution in [2.75, 3.05) is 7.11 Å². The second kappa shape index (κ2) is 5.84. The molecule has 0 bridgehead atoms. The third-order valence-electron chi connectivity index (χ3n) is 2.97. The normalized spacial score (nSPS) is 11.1. The average Bonchev–Trinajstić information content (AvgIpc) is 2.67. The highest BCUT2D eigenvalue weighted by Gasteiger charge is 2.11. The van der Waals surface area contributed by atoms with E-state index in [0.717, 1.165) is 35.4 Å². The van der Waals surface area contributed by atoms with Crippen LogP contribution < -0.4 is 0 Å². The van der Waals surface area contributed by atoms with Crippen LogP contribution in [0.5, 0.6) is 0 Å². The summed E-state index contributed by atoms with van der Waals surface area (Å²) in [4.78, 5) is 15.3. The number of benzene rings is 1. The molecule has 0 aliphatic rings. The maximum Gasteiger partial charge on any atom is 0.307 e. The molecule has 1 aromatic carbocycles. The number of carbonyl (C=O) groups is 1. The molecule has 19 heavy (non-hydrogen) atoms. The summed E-state index contributed by atoms with van der Waals surface area (Å²) < 4.78 is 7.29. The van der Waals surface area contributed by atoms with Gasteiger partial charge in [0.15, 0.2) is 0 Å². The van der Waals surface area contributed by atoms with Crippen LogP contribution in [0, 0.1) is 0 Å². The number of nitrogens with zero attached hydrogens (tertiary/aromatic N) is 2. The molecule has 102 valence electrons. The fraction of sp³-hybridized carbons (Fsp3) is 0.429. The number of hydrogen-bond acceptors (Lipinski definition) is 3. The van der Waals surface area contributed by atoms with Crippen LogP contribution in [0.4, 0.5) is 0 Å². The standard InChI is InChI=1S/C14H18N2O3/c1-3-6-16-12-5-4-10(8-14(17)18)7-11(12)15-13(16)9-19-2/h4-5,7H,3,6,8-9H2,1-2H3,(H,17,18). The number of hydrogen-bond donors (Lipinski definition) is 1. The zero-order chi connectivity index (χ0) is 13.8. The van der Waals surface area contributed by atoms with Crippen molar-refractivity contribution in [2.24, 2.45) is 0 Å². The Morgan fingerprint density at radius 1 is 1.47 bits per heavy atom. The van der Waals surface area contributed by atoms with Crippen molar-refractivity contribution in [3.05, 3.63) is 29.6 Å². The molecule has 1 aromatic heterocycles. The predicted molar refractivity (Wildman–Crippen MR) is 72.1 cm³/mol. The topological polar surface area (TPSA) is 64.4 Å². The van der Waals surface area contributed by atoms with E-state index in [1.165, 1.54) is 0 Å². The van der Waals surface area contributed by atoms with Gasteiger partial charge in [-0.15, -0.1) is 0 Å². The van der Waals surface area contributed by atoms with Gasteiger partial charge in [-0.1, -0.05) is 13.0 Å². The molecule has 0 amide bonds. The number of carboxylic acid groups (broad SMARTS) is 1. The lowest BCUT2D eigenvalue weighted by Crippen LogP contribution is -2.04. The zero-order valence-corrected chi connectivity index (χ0v) is 11.2. The van der Waals surface area contributed by atoms with Gasteiger partial charge in [0.25, 0.3) is 0 Å². The molecule has 0 aliphatic carbocycles. The summed E-state index contributed by atoms with van der Waals surface area (Å²) >= 11 is 0. The first-order chi connectivity index (χ1) is 9.15. The number of fused-ring (bicyclic) bond motifs is 1. The van der Waals surface area contributed by atoms with Gasteiger partial charge in [-0.3, -0.25) is 4.79 Å². The summed E-state index contributed by atoms with van der Waals surface area (Å²) in [6, 6.07) is 5.63. The van der Waals surface area contributed by atoms with Gasteiger partial charge in [0.1, 0.15) is 12.4 Å². The van der Waals surface area contributed by atoms with Gasteiger partial charge in [-0.2, -0.15) is 0 Å². The van der Waals surface area contributed by atoms with Gasteiger partial charge in [0.2, 0.25) is 0 Å². The highest BCUT2D eigenvalue weighted by atomic mass is 16.5. The summed E-state index contributed by atoms with van der Waals surface area (Å²) in [5, 5.41) is 8.82. The highest BCUT2D eigenvalue weighted by molar-refractivity contribution is 5.79. The van der Waals surface area contributed by atoms with E-state index in [1.54, 1.807) is 7.11 Å². The van der Waals surface area contributed by atoms with Crippen LogP contribution in [-0.2, 0) is 29.1 Å². The van der Waals surface area contributed by atoms with E-state index in [-0.39, 0.29) is 6.42 Å². The lowest BCUT2D eigenvalue weighted by Gasteiger charge is -2.06. The van der Waals surface area contributed by atoms with E-state index in [0.29, 0.717) is 6.61 Å². The third kappa shape index (κ3) is 2.93. The first kappa shape index (κ1) is 13.5. The third-order valence-corrected chi connectivity index (χ3v) is 2.97. The minimum atomic E-state index is -0.829. The van der Waals surface area contributed by atoms with Crippen molar-refractivity contribution in [1.82, 2.24) is 9.55 Å². The second-order valence-electron chi connectivity index (χ2n) is 4.51. The molecule has 0 saturated carbocycles. The molecule has 2 aromatic rings. The number of ether oxygens (including phenoxy) is 1. The van der Waals surface area contributed by atoms with Gasteiger partial charge in [-0.25, -0.2) is 4.98 Å². The van der Waals surface area contributed by atoms with Crippen molar-refractivity contribution >= 4 is 17.0 Å². The molecule has 0 atom stereocenters. The fourth-order valence-corrected chi connectivity index (χ4v) is 2.22. The van der Waals surface area contributed by atoms with E-state index >= 15 is 0 Å². The van der Waals surface area contributed by atoms with Gasteiger partial charge in [-0.05, 0) is 24.1 Å². The highest BCUT2D eigenvalue weighted by Crippen LogP contribution is 2.19. The zero-order valence-electron chi connectivity index (χ0n) is 11.2. The van der Waals surface area contributed by atoms with Crippen LogP contribution in [0.15, 0.2) is 18.2 Å². The SMILES string of the molecule is CCCn1c(COC)nc2cc(CC(=O)O)ccc21. The molecule has 2 rings (SSSR count). The molecule has 1 N–H and O–H groups in total. The van der Waals surface area contributed by atoms with Crippen LogP contribution >= 0.6 is 0 Å².